The number of nitrogens with zero attached hydrogens (tertiary/aromatic N) is 1. The largest absolute Gasteiger partial charge is 0.496 e. The Hall–Kier alpha value is -3.02. The van der Waals surface area contributed by atoms with E-state index in [2.05, 4.69) is 15.3 Å². The lowest BCUT2D eigenvalue weighted by atomic mass is 10.1. The van der Waals surface area contributed by atoms with Crippen molar-refractivity contribution in [2.24, 2.45) is 0 Å². The highest BCUT2D eigenvalue weighted by atomic mass is 16.5. The number of rotatable bonds is 6. The number of hydrogen-bond acceptors (Lipinski definition) is 4. The molecule has 0 unspecified atom stereocenters. The third-order valence-electron chi connectivity index (χ3n) is 3.74. The van der Waals surface area contributed by atoms with Crippen molar-refractivity contribution in [3.05, 3.63) is 53.9 Å². The zero-order valence-electron chi connectivity index (χ0n) is 13.6. The molecule has 0 aliphatic rings. The van der Waals surface area contributed by atoms with Gasteiger partial charge in [-0.3, -0.25) is 4.79 Å². The standard InChI is InChI=1S/C18H19N3O3/c1-23-14-8-5-9-15(24-2)17(14)18(22)19-11-10-16-20-12-6-3-4-7-13(12)21-16/h3-9H,10-11H2,1-2H3,(H,19,22)(H,20,21). The summed E-state index contributed by atoms with van der Waals surface area (Å²) in [4.78, 5) is 20.2. The quantitative estimate of drug-likeness (QED) is 0.730. The van der Waals surface area contributed by atoms with E-state index >= 15 is 0 Å². The molecule has 3 rings (SSSR count). The summed E-state index contributed by atoms with van der Waals surface area (Å²) in [6.07, 6.45) is 0.609. The Morgan fingerprint density at radius 2 is 1.79 bits per heavy atom. The van der Waals surface area contributed by atoms with Gasteiger partial charge in [-0.25, -0.2) is 4.98 Å². The second kappa shape index (κ2) is 7.04. The van der Waals surface area contributed by atoms with Crippen LogP contribution in [0.3, 0.4) is 0 Å². The minimum Gasteiger partial charge on any atom is -0.496 e. The van der Waals surface area contributed by atoms with E-state index in [-0.39, 0.29) is 5.91 Å². The van der Waals surface area contributed by atoms with Crippen LogP contribution in [0, 0.1) is 0 Å². The van der Waals surface area contributed by atoms with Crippen molar-refractivity contribution in [1.82, 2.24) is 15.3 Å². The molecule has 0 fully saturated rings. The van der Waals surface area contributed by atoms with Gasteiger partial charge < -0.3 is 19.8 Å². The summed E-state index contributed by atoms with van der Waals surface area (Å²) in [5.41, 5.74) is 2.31. The predicted octanol–water partition coefficient (Wildman–Crippen LogP) is 2.55. The van der Waals surface area contributed by atoms with Crippen LogP contribution in [0.1, 0.15) is 16.2 Å². The number of hydrogen-bond donors (Lipinski definition) is 2. The second-order valence-electron chi connectivity index (χ2n) is 5.24. The first kappa shape index (κ1) is 15.9. The minimum absolute atomic E-state index is 0.236. The highest BCUT2D eigenvalue weighted by molar-refractivity contribution is 5.99. The molecule has 3 aromatic rings. The summed E-state index contributed by atoms with van der Waals surface area (Å²) in [5.74, 6) is 1.56. The van der Waals surface area contributed by atoms with E-state index in [9.17, 15) is 4.79 Å². The summed E-state index contributed by atoms with van der Waals surface area (Å²) in [5, 5.41) is 2.88. The maximum absolute atomic E-state index is 12.5. The number of benzene rings is 2. The van der Waals surface area contributed by atoms with Crippen molar-refractivity contribution in [3.8, 4) is 11.5 Å². The number of imidazole rings is 1. The van der Waals surface area contributed by atoms with Gasteiger partial charge in [0.25, 0.3) is 5.91 Å². The molecule has 0 saturated carbocycles. The fourth-order valence-electron chi connectivity index (χ4n) is 2.58. The summed E-state index contributed by atoms with van der Waals surface area (Å²) in [6.45, 7) is 0.458. The monoisotopic (exact) mass is 325 g/mol. The van der Waals surface area contributed by atoms with Crippen molar-refractivity contribution in [1.29, 1.82) is 0 Å². The van der Waals surface area contributed by atoms with Gasteiger partial charge in [-0.1, -0.05) is 18.2 Å². The number of carbonyl (C=O) groups excluding carboxylic acids is 1. The number of aromatic nitrogens is 2. The Morgan fingerprint density at radius 3 is 2.46 bits per heavy atom. The van der Waals surface area contributed by atoms with Crippen molar-refractivity contribution in [3.63, 3.8) is 0 Å². The van der Waals surface area contributed by atoms with E-state index in [1.54, 1.807) is 18.2 Å². The van der Waals surface area contributed by atoms with Gasteiger partial charge in [0, 0.05) is 13.0 Å². The first-order valence-corrected chi connectivity index (χ1v) is 7.65. The van der Waals surface area contributed by atoms with Crippen LogP contribution < -0.4 is 14.8 Å². The van der Waals surface area contributed by atoms with Crippen LogP contribution in [-0.4, -0.2) is 36.6 Å². The van der Waals surface area contributed by atoms with Crippen LogP contribution in [0.4, 0.5) is 0 Å². The minimum atomic E-state index is -0.236. The second-order valence-corrected chi connectivity index (χ2v) is 5.24. The molecular formula is C18H19N3O3. The summed E-state index contributed by atoms with van der Waals surface area (Å²) in [6, 6.07) is 13.1. The molecule has 6 nitrogen and oxygen atoms in total. The number of para-hydroxylation sites is 2. The molecule has 1 amide bonds. The van der Waals surface area contributed by atoms with Gasteiger partial charge in [0.05, 0.1) is 25.3 Å². The van der Waals surface area contributed by atoms with Crippen molar-refractivity contribution in [2.45, 2.75) is 6.42 Å². The SMILES string of the molecule is COc1cccc(OC)c1C(=O)NCCc1nc2ccccc2[nH]1. The van der Waals surface area contributed by atoms with Gasteiger partial charge in [0.2, 0.25) is 0 Å². The van der Waals surface area contributed by atoms with Gasteiger partial charge in [-0.2, -0.15) is 0 Å². The molecule has 0 atom stereocenters. The summed E-state index contributed by atoms with van der Waals surface area (Å²) in [7, 11) is 3.06. The lowest BCUT2D eigenvalue weighted by Gasteiger charge is -2.12. The topological polar surface area (TPSA) is 76.2 Å². The van der Waals surface area contributed by atoms with Crippen LogP contribution in [0.5, 0.6) is 11.5 Å². The number of aromatic amines is 1. The molecule has 0 saturated heterocycles. The van der Waals surface area contributed by atoms with Crippen molar-refractivity contribution < 1.29 is 14.3 Å². The van der Waals surface area contributed by atoms with E-state index < -0.39 is 0 Å². The normalized spacial score (nSPS) is 10.6. The molecule has 1 aromatic heterocycles. The zero-order chi connectivity index (χ0) is 16.9. The summed E-state index contributed by atoms with van der Waals surface area (Å²) >= 11 is 0. The van der Waals surface area contributed by atoms with E-state index in [1.165, 1.54) is 14.2 Å². The number of methoxy groups -OCH3 is 2. The molecule has 0 aliphatic heterocycles. The Balaban J connectivity index is 1.67. The van der Waals surface area contributed by atoms with E-state index in [4.69, 9.17) is 9.47 Å². The number of fused-ring (bicyclic) bond motifs is 1. The average molecular weight is 325 g/mol. The fraction of sp³-hybridized carbons (Fsp3) is 0.222. The number of H-pyrrole nitrogens is 1. The van der Waals surface area contributed by atoms with Gasteiger partial charge in [-0.15, -0.1) is 0 Å². The molecule has 1 heterocycles. The Morgan fingerprint density at radius 1 is 1.08 bits per heavy atom. The van der Waals surface area contributed by atoms with Crippen LogP contribution in [0.25, 0.3) is 11.0 Å². The molecule has 0 bridgehead atoms. The summed E-state index contributed by atoms with van der Waals surface area (Å²) < 4.78 is 10.5. The zero-order valence-corrected chi connectivity index (χ0v) is 13.6. The van der Waals surface area contributed by atoms with Gasteiger partial charge >= 0.3 is 0 Å². The van der Waals surface area contributed by atoms with Crippen LogP contribution in [-0.2, 0) is 6.42 Å². The van der Waals surface area contributed by atoms with Crippen molar-refractivity contribution >= 4 is 16.9 Å². The molecule has 24 heavy (non-hydrogen) atoms. The lowest BCUT2D eigenvalue weighted by Crippen LogP contribution is -2.26. The molecule has 0 spiro atoms. The fourth-order valence-corrected chi connectivity index (χ4v) is 2.58. The Bertz CT molecular complexity index is 802. The molecular weight excluding hydrogens is 306 g/mol. The number of ether oxygens (including phenoxy) is 2. The number of amides is 1. The lowest BCUT2D eigenvalue weighted by molar-refractivity contribution is 0.0948. The molecule has 6 heteroatoms. The average Bonchev–Trinajstić information content (AvgIpc) is 3.03. The predicted molar refractivity (Wildman–Crippen MR) is 91.7 cm³/mol. The van der Waals surface area contributed by atoms with Gasteiger partial charge in [-0.05, 0) is 24.3 Å². The Kier molecular flexibility index (Phi) is 4.65. The van der Waals surface area contributed by atoms with Crippen LogP contribution in [0.15, 0.2) is 42.5 Å². The number of carbonyl (C=O) groups is 1. The molecule has 124 valence electrons. The first-order chi connectivity index (χ1) is 11.7. The van der Waals surface area contributed by atoms with E-state index in [0.29, 0.717) is 30.0 Å². The van der Waals surface area contributed by atoms with E-state index in [1.807, 2.05) is 24.3 Å². The van der Waals surface area contributed by atoms with Crippen LogP contribution >= 0.6 is 0 Å². The number of nitrogens with one attached hydrogen (secondary N) is 2. The third kappa shape index (κ3) is 3.17. The van der Waals surface area contributed by atoms with Crippen molar-refractivity contribution in [2.75, 3.05) is 20.8 Å². The molecule has 0 radical (unpaired) electrons. The van der Waals surface area contributed by atoms with Gasteiger partial charge in [0.15, 0.2) is 0 Å². The third-order valence-corrected chi connectivity index (χ3v) is 3.74. The molecule has 2 N–H and O–H groups in total. The molecule has 2 aromatic carbocycles. The van der Waals surface area contributed by atoms with Gasteiger partial charge in [0.1, 0.15) is 22.9 Å². The maximum Gasteiger partial charge on any atom is 0.258 e. The molecule has 0 aliphatic carbocycles. The maximum atomic E-state index is 12.5. The highest BCUT2D eigenvalue weighted by Gasteiger charge is 2.17. The van der Waals surface area contributed by atoms with E-state index in [0.717, 1.165) is 16.9 Å². The smallest absolute Gasteiger partial charge is 0.258 e. The highest BCUT2D eigenvalue weighted by Crippen LogP contribution is 2.27. The Labute approximate surface area is 139 Å². The van der Waals surface area contributed by atoms with Crippen LogP contribution in [0.2, 0.25) is 0 Å². The first-order valence-electron chi connectivity index (χ1n) is 7.65.